The van der Waals surface area contributed by atoms with Crippen LogP contribution in [0.5, 0.6) is 0 Å². The first-order valence-corrected chi connectivity index (χ1v) is 9.59. The van der Waals surface area contributed by atoms with Gasteiger partial charge in [0.15, 0.2) is 6.04 Å². The minimum atomic E-state index is -3.84. The van der Waals surface area contributed by atoms with Gasteiger partial charge in [0.05, 0.1) is 18.6 Å². The Morgan fingerprint density at radius 3 is 2.12 bits per heavy atom. The molecule has 0 aromatic heterocycles. The van der Waals surface area contributed by atoms with E-state index < -0.39 is 22.0 Å². The predicted octanol–water partition coefficient (Wildman–Crippen LogP) is 2.30. The van der Waals surface area contributed by atoms with Gasteiger partial charge >= 0.3 is 5.97 Å². The second-order valence-electron chi connectivity index (χ2n) is 6.21. The molecule has 0 saturated carbocycles. The molecule has 0 unspecified atom stereocenters. The van der Waals surface area contributed by atoms with E-state index in [4.69, 9.17) is 4.74 Å². The molecule has 1 aliphatic heterocycles. The number of ether oxygens (including phenoxy) is 1. The summed E-state index contributed by atoms with van der Waals surface area (Å²) in [5.41, 5.74) is 2.65. The van der Waals surface area contributed by atoms with Crippen molar-refractivity contribution in [1.82, 2.24) is 4.31 Å². The highest BCUT2D eigenvalue weighted by atomic mass is 32.2. The first-order valence-electron chi connectivity index (χ1n) is 8.15. The number of carbonyl (C=O) groups is 1. The Bertz CT molecular complexity index is 948. The van der Waals surface area contributed by atoms with E-state index in [2.05, 4.69) is 4.99 Å². The molecule has 2 aromatic carbocycles. The predicted molar refractivity (Wildman–Crippen MR) is 98.6 cm³/mol. The first kappa shape index (κ1) is 18.1. The SMILES string of the molecule is COC(=O)[C@@H]1CN(S(=O)(=O)c2ccc(C)cc2)C(c2ccc(C)cc2)=N1. The molecule has 2 aromatic rings. The van der Waals surface area contributed by atoms with Crippen LogP contribution in [0, 0.1) is 13.8 Å². The first-order chi connectivity index (χ1) is 12.3. The van der Waals surface area contributed by atoms with Gasteiger partial charge in [-0.1, -0.05) is 47.5 Å². The maximum absolute atomic E-state index is 13.1. The third-order valence-corrected chi connectivity index (χ3v) is 6.02. The van der Waals surface area contributed by atoms with Crippen LogP contribution in [0.25, 0.3) is 0 Å². The number of esters is 1. The molecule has 6 nitrogen and oxygen atoms in total. The number of carbonyl (C=O) groups excluding carboxylic acids is 1. The van der Waals surface area contributed by atoms with Crippen LogP contribution in [-0.4, -0.2) is 44.2 Å². The number of aryl methyl sites for hydroxylation is 2. The van der Waals surface area contributed by atoms with Crippen molar-refractivity contribution >= 4 is 21.8 Å². The van der Waals surface area contributed by atoms with Crippen LogP contribution in [0.3, 0.4) is 0 Å². The van der Waals surface area contributed by atoms with Gasteiger partial charge < -0.3 is 4.74 Å². The molecule has 0 amide bonds. The fraction of sp³-hybridized carbons (Fsp3) is 0.263. The Labute approximate surface area is 153 Å². The molecular weight excluding hydrogens is 352 g/mol. The smallest absolute Gasteiger partial charge is 0.332 e. The molecule has 1 heterocycles. The molecule has 7 heteroatoms. The molecule has 3 rings (SSSR count). The lowest BCUT2D eigenvalue weighted by Crippen LogP contribution is -2.37. The summed E-state index contributed by atoms with van der Waals surface area (Å²) in [7, 11) is -2.58. The van der Waals surface area contributed by atoms with Gasteiger partial charge in [-0.15, -0.1) is 0 Å². The van der Waals surface area contributed by atoms with Crippen LogP contribution < -0.4 is 0 Å². The van der Waals surface area contributed by atoms with Crippen LogP contribution >= 0.6 is 0 Å². The lowest BCUT2D eigenvalue weighted by molar-refractivity contribution is -0.141. The van der Waals surface area contributed by atoms with Gasteiger partial charge in [-0.3, -0.25) is 0 Å². The molecule has 0 radical (unpaired) electrons. The summed E-state index contributed by atoms with van der Waals surface area (Å²) in [5.74, 6) is -0.308. The number of hydrogen-bond acceptors (Lipinski definition) is 5. The summed E-state index contributed by atoms with van der Waals surface area (Å²) < 4.78 is 32.2. The van der Waals surface area contributed by atoms with Crippen LogP contribution in [0.4, 0.5) is 0 Å². The van der Waals surface area contributed by atoms with Gasteiger partial charge in [0, 0.05) is 5.56 Å². The molecule has 136 valence electrons. The second-order valence-corrected chi connectivity index (χ2v) is 8.07. The second kappa shape index (κ2) is 6.92. The van der Waals surface area contributed by atoms with E-state index in [0.29, 0.717) is 5.56 Å². The van der Waals surface area contributed by atoms with Crippen molar-refractivity contribution in [3.63, 3.8) is 0 Å². The minimum Gasteiger partial charge on any atom is -0.467 e. The van der Waals surface area contributed by atoms with Crippen molar-refractivity contribution in [3.05, 3.63) is 65.2 Å². The number of sulfonamides is 1. The van der Waals surface area contributed by atoms with E-state index in [0.717, 1.165) is 11.1 Å². The molecule has 0 spiro atoms. The molecule has 0 bridgehead atoms. The Morgan fingerprint density at radius 1 is 1.04 bits per heavy atom. The van der Waals surface area contributed by atoms with Gasteiger partial charge in [-0.25, -0.2) is 22.5 Å². The molecule has 26 heavy (non-hydrogen) atoms. The fourth-order valence-corrected chi connectivity index (χ4v) is 4.18. The third kappa shape index (κ3) is 3.35. The number of benzene rings is 2. The highest BCUT2D eigenvalue weighted by Gasteiger charge is 2.39. The van der Waals surface area contributed by atoms with Crippen molar-refractivity contribution in [2.45, 2.75) is 24.8 Å². The molecule has 1 aliphatic rings. The minimum absolute atomic E-state index is 0.0773. The molecule has 0 N–H and O–H groups in total. The van der Waals surface area contributed by atoms with Crippen LogP contribution in [-0.2, 0) is 19.6 Å². The van der Waals surface area contributed by atoms with Crippen molar-refractivity contribution < 1.29 is 17.9 Å². The third-order valence-electron chi connectivity index (χ3n) is 4.25. The Balaban J connectivity index is 2.06. The number of rotatable bonds is 4. The largest absolute Gasteiger partial charge is 0.467 e. The van der Waals surface area contributed by atoms with E-state index in [9.17, 15) is 13.2 Å². The normalized spacial score (nSPS) is 17.1. The standard InChI is InChI=1S/C19H20N2O4S/c1-13-4-8-15(9-5-13)18-20-17(19(22)25-3)12-21(18)26(23,24)16-10-6-14(2)7-11-16/h4-11,17H,12H2,1-3H3/t17-/m0/s1. The highest BCUT2D eigenvalue weighted by molar-refractivity contribution is 7.89. The van der Waals surface area contributed by atoms with Crippen molar-refractivity contribution in [2.24, 2.45) is 4.99 Å². The molecule has 0 aliphatic carbocycles. The van der Waals surface area contributed by atoms with Crippen LogP contribution in [0.2, 0.25) is 0 Å². The van der Waals surface area contributed by atoms with Crippen molar-refractivity contribution in [3.8, 4) is 0 Å². The quantitative estimate of drug-likeness (QED) is 0.772. The zero-order chi connectivity index (χ0) is 18.9. The number of methoxy groups -OCH3 is 1. The zero-order valence-electron chi connectivity index (χ0n) is 14.8. The van der Waals surface area contributed by atoms with Gasteiger partial charge in [0.2, 0.25) is 0 Å². The van der Waals surface area contributed by atoms with E-state index in [1.54, 1.807) is 36.4 Å². The number of nitrogens with zero attached hydrogens (tertiary/aromatic N) is 2. The maximum Gasteiger partial charge on any atom is 0.332 e. The number of amidine groups is 1. The summed E-state index contributed by atoms with van der Waals surface area (Å²) in [5, 5.41) is 0. The molecule has 1 atom stereocenters. The van der Waals surface area contributed by atoms with Gasteiger partial charge in [0.25, 0.3) is 10.0 Å². The van der Waals surface area contributed by atoms with E-state index in [-0.39, 0.29) is 17.3 Å². The number of aliphatic imine (C=N–C) groups is 1. The summed E-state index contributed by atoms with van der Waals surface area (Å²) in [6, 6.07) is 13.1. The van der Waals surface area contributed by atoms with Crippen molar-refractivity contribution in [1.29, 1.82) is 0 Å². The monoisotopic (exact) mass is 372 g/mol. The maximum atomic E-state index is 13.1. The van der Waals surface area contributed by atoms with Gasteiger partial charge in [-0.2, -0.15) is 0 Å². The van der Waals surface area contributed by atoms with Crippen LogP contribution in [0.15, 0.2) is 58.4 Å². The Hall–Kier alpha value is -2.67. The topological polar surface area (TPSA) is 76.0 Å². The molecule has 0 saturated heterocycles. The van der Waals surface area contributed by atoms with E-state index in [1.807, 2.05) is 26.0 Å². The molecular formula is C19H20N2O4S. The number of hydrogen-bond donors (Lipinski definition) is 0. The van der Waals surface area contributed by atoms with Crippen LogP contribution in [0.1, 0.15) is 16.7 Å². The average molecular weight is 372 g/mol. The van der Waals surface area contributed by atoms with Gasteiger partial charge in [-0.05, 0) is 26.0 Å². The fourth-order valence-electron chi connectivity index (χ4n) is 2.73. The molecule has 0 fully saturated rings. The average Bonchev–Trinajstić information content (AvgIpc) is 3.08. The van der Waals surface area contributed by atoms with Crippen molar-refractivity contribution in [2.75, 3.05) is 13.7 Å². The Kier molecular flexibility index (Phi) is 4.82. The Morgan fingerprint density at radius 2 is 1.58 bits per heavy atom. The lowest BCUT2D eigenvalue weighted by Gasteiger charge is -2.21. The van der Waals surface area contributed by atoms with E-state index in [1.165, 1.54) is 11.4 Å². The van der Waals surface area contributed by atoms with Gasteiger partial charge in [0.1, 0.15) is 5.84 Å². The van der Waals surface area contributed by atoms with E-state index >= 15 is 0 Å². The highest BCUT2D eigenvalue weighted by Crippen LogP contribution is 2.25. The lowest BCUT2D eigenvalue weighted by atomic mass is 10.1. The zero-order valence-corrected chi connectivity index (χ0v) is 15.7. The summed E-state index contributed by atoms with van der Waals surface area (Å²) in [4.78, 5) is 16.4. The summed E-state index contributed by atoms with van der Waals surface area (Å²) in [6.07, 6.45) is 0. The summed E-state index contributed by atoms with van der Waals surface area (Å²) >= 11 is 0. The summed E-state index contributed by atoms with van der Waals surface area (Å²) in [6.45, 7) is 3.75.